The van der Waals surface area contributed by atoms with Crippen molar-refractivity contribution in [2.75, 3.05) is 6.54 Å². The summed E-state index contributed by atoms with van der Waals surface area (Å²) in [5.41, 5.74) is 1.11. The third-order valence-electron chi connectivity index (χ3n) is 3.87. The molecule has 106 valence electrons. The van der Waals surface area contributed by atoms with Crippen LogP contribution in [0.5, 0.6) is 0 Å². The normalized spacial score (nSPS) is 21.8. The molecule has 0 amide bonds. The Morgan fingerprint density at radius 3 is 2.95 bits per heavy atom. The number of hydrogen-bond donors (Lipinski definition) is 1. The van der Waals surface area contributed by atoms with Gasteiger partial charge < -0.3 is 5.11 Å². The van der Waals surface area contributed by atoms with Gasteiger partial charge in [0.25, 0.3) is 0 Å². The Bertz CT molecular complexity index is 417. The second kappa shape index (κ2) is 6.70. The molecule has 0 bridgehead atoms. The van der Waals surface area contributed by atoms with Gasteiger partial charge in [-0.2, -0.15) is 5.10 Å². The Morgan fingerprint density at radius 1 is 1.42 bits per heavy atom. The zero-order valence-electron chi connectivity index (χ0n) is 11.6. The summed E-state index contributed by atoms with van der Waals surface area (Å²) in [6, 6.07) is 1.64. The van der Waals surface area contributed by atoms with Crippen LogP contribution in [0.25, 0.3) is 0 Å². The lowest BCUT2D eigenvalue weighted by molar-refractivity contribution is -0.144. The molecule has 1 N–H and O–H groups in total. The molecular weight excluding hydrogens is 242 g/mol. The maximum absolute atomic E-state index is 11.4. The molecule has 1 aliphatic rings. The highest BCUT2D eigenvalue weighted by atomic mass is 16.4. The Hall–Kier alpha value is -1.36. The number of aliphatic carboxylic acids is 1. The van der Waals surface area contributed by atoms with E-state index in [0.29, 0.717) is 6.54 Å². The highest BCUT2D eigenvalue weighted by Gasteiger charge is 2.26. The Kier molecular flexibility index (Phi) is 4.96. The first-order valence-corrected chi connectivity index (χ1v) is 7.20. The summed E-state index contributed by atoms with van der Waals surface area (Å²) in [5.74, 6) is -0.690. The molecule has 1 atom stereocenters. The van der Waals surface area contributed by atoms with E-state index >= 15 is 0 Å². The van der Waals surface area contributed by atoms with Crippen molar-refractivity contribution in [1.29, 1.82) is 0 Å². The molecule has 0 aromatic carbocycles. The number of aromatic nitrogens is 2. The average Bonchev–Trinajstić information content (AvgIpc) is 2.79. The minimum Gasteiger partial charge on any atom is -0.480 e. The van der Waals surface area contributed by atoms with Crippen LogP contribution in [-0.4, -0.2) is 38.3 Å². The van der Waals surface area contributed by atoms with Crippen LogP contribution in [0.3, 0.4) is 0 Å². The zero-order chi connectivity index (χ0) is 13.7. The summed E-state index contributed by atoms with van der Waals surface area (Å²) in [5, 5.41) is 13.7. The molecule has 5 heteroatoms. The van der Waals surface area contributed by atoms with Gasteiger partial charge in [0, 0.05) is 19.3 Å². The van der Waals surface area contributed by atoms with Gasteiger partial charge in [-0.25, -0.2) is 0 Å². The Morgan fingerprint density at radius 2 is 2.21 bits per heavy atom. The molecule has 2 heterocycles. The quantitative estimate of drug-likeness (QED) is 0.906. The first-order chi connectivity index (χ1) is 9.22. The minimum absolute atomic E-state index is 0.347. The van der Waals surface area contributed by atoms with Crippen LogP contribution in [0.4, 0.5) is 0 Å². The van der Waals surface area contributed by atoms with Crippen LogP contribution in [0.1, 0.15) is 44.7 Å². The van der Waals surface area contributed by atoms with E-state index in [1.807, 2.05) is 10.7 Å². The van der Waals surface area contributed by atoms with Gasteiger partial charge in [-0.3, -0.25) is 14.4 Å². The summed E-state index contributed by atoms with van der Waals surface area (Å²) in [6.07, 6.45) is 7.01. The molecule has 1 aliphatic heterocycles. The van der Waals surface area contributed by atoms with Crippen molar-refractivity contribution in [2.45, 2.75) is 58.2 Å². The van der Waals surface area contributed by atoms with E-state index in [4.69, 9.17) is 0 Å². The van der Waals surface area contributed by atoms with E-state index in [1.54, 1.807) is 6.20 Å². The van der Waals surface area contributed by atoms with Crippen molar-refractivity contribution in [3.05, 3.63) is 18.0 Å². The minimum atomic E-state index is -0.690. The molecule has 0 spiro atoms. The smallest absolute Gasteiger partial charge is 0.320 e. The van der Waals surface area contributed by atoms with Gasteiger partial charge in [0.1, 0.15) is 6.04 Å². The molecule has 1 unspecified atom stereocenters. The molecule has 19 heavy (non-hydrogen) atoms. The van der Waals surface area contributed by atoms with Crippen molar-refractivity contribution < 1.29 is 9.90 Å². The number of carboxylic acid groups (broad SMARTS) is 1. The number of hydrogen-bond acceptors (Lipinski definition) is 3. The molecule has 1 saturated heterocycles. The van der Waals surface area contributed by atoms with Crippen LogP contribution < -0.4 is 0 Å². The largest absolute Gasteiger partial charge is 0.480 e. The number of nitrogens with zero attached hydrogens (tertiary/aromatic N) is 3. The number of carboxylic acids is 1. The van der Waals surface area contributed by atoms with Gasteiger partial charge in [0.15, 0.2) is 0 Å². The van der Waals surface area contributed by atoms with Gasteiger partial charge in [-0.1, -0.05) is 19.3 Å². The van der Waals surface area contributed by atoms with Crippen molar-refractivity contribution in [1.82, 2.24) is 14.7 Å². The molecule has 5 nitrogen and oxygen atoms in total. The van der Waals surface area contributed by atoms with Crippen LogP contribution in [0.2, 0.25) is 0 Å². The average molecular weight is 265 g/mol. The van der Waals surface area contributed by atoms with Crippen molar-refractivity contribution in [3.63, 3.8) is 0 Å². The van der Waals surface area contributed by atoms with Gasteiger partial charge in [0.2, 0.25) is 0 Å². The summed E-state index contributed by atoms with van der Waals surface area (Å²) < 4.78 is 1.94. The monoisotopic (exact) mass is 265 g/mol. The van der Waals surface area contributed by atoms with Crippen molar-refractivity contribution in [3.8, 4) is 0 Å². The van der Waals surface area contributed by atoms with E-state index in [2.05, 4.69) is 16.9 Å². The first-order valence-electron chi connectivity index (χ1n) is 7.20. The number of likely N-dealkylation sites (tertiary alicyclic amines) is 1. The highest BCUT2D eigenvalue weighted by Crippen LogP contribution is 2.19. The molecular formula is C14H23N3O2. The molecule has 1 fully saturated rings. The second-order valence-corrected chi connectivity index (χ2v) is 5.17. The third-order valence-corrected chi connectivity index (χ3v) is 3.87. The van der Waals surface area contributed by atoms with E-state index in [1.165, 1.54) is 6.42 Å². The lowest BCUT2D eigenvalue weighted by atomic mass is 10.0. The lowest BCUT2D eigenvalue weighted by Gasteiger charge is -2.30. The van der Waals surface area contributed by atoms with Crippen LogP contribution in [0.15, 0.2) is 12.3 Å². The predicted molar refractivity (Wildman–Crippen MR) is 72.8 cm³/mol. The lowest BCUT2D eigenvalue weighted by Crippen LogP contribution is -2.42. The van der Waals surface area contributed by atoms with Gasteiger partial charge in [-0.15, -0.1) is 0 Å². The fraction of sp³-hybridized carbons (Fsp3) is 0.714. The van der Waals surface area contributed by atoms with Crippen LogP contribution in [0, 0.1) is 0 Å². The SMILES string of the molecule is CCn1nccc1CN1CCCCCCC1C(=O)O. The summed E-state index contributed by atoms with van der Waals surface area (Å²) in [7, 11) is 0. The van der Waals surface area contributed by atoms with E-state index in [9.17, 15) is 9.90 Å². The van der Waals surface area contributed by atoms with Crippen molar-refractivity contribution >= 4 is 5.97 Å². The molecule has 0 saturated carbocycles. The van der Waals surface area contributed by atoms with E-state index in [0.717, 1.165) is 44.5 Å². The maximum Gasteiger partial charge on any atom is 0.320 e. The number of rotatable bonds is 4. The zero-order valence-corrected chi connectivity index (χ0v) is 11.6. The van der Waals surface area contributed by atoms with E-state index in [-0.39, 0.29) is 6.04 Å². The Labute approximate surface area is 114 Å². The topological polar surface area (TPSA) is 58.4 Å². The molecule has 0 aliphatic carbocycles. The molecule has 2 rings (SSSR count). The van der Waals surface area contributed by atoms with Crippen molar-refractivity contribution in [2.24, 2.45) is 0 Å². The first kappa shape index (κ1) is 14.1. The van der Waals surface area contributed by atoms with Crippen LogP contribution >= 0.6 is 0 Å². The Balaban J connectivity index is 2.10. The van der Waals surface area contributed by atoms with Gasteiger partial charge >= 0.3 is 5.97 Å². The summed E-state index contributed by atoms with van der Waals surface area (Å²) in [6.45, 7) is 4.43. The summed E-state index contributed by atoms with van der Waals surface area (Å²) in [4.78, 5) is 13.6. The number of carbonyl (C=O) groups is 1. The highest BCUT2D eigenvalue weighted by molar-refractivity contribution is 5.73. The van der Waals surface area contributed by atoms with Crippen LogP contribution in [-0.2, 0) is 17.9 Å². The standard InChI is InChI=1S/C14H23N3O2/c1-2-17-12(8-9-15-17)11-16-10-6-4-3-5-7-13(16)14(18)19/h8-9,13H,2-7,10-11H2,1H3,(H,18,19). The number of aryl methyl sites for hydroxylation is 1. The fourth-order valence-electron chi connectivity index (χ4n) is 2.80. The van der Waals surface area contributed by atoms with E-state index < -0.39 is 5.97 Å². The fourth-order valence-corrected chi connectivity index (χ4v) is 2.80. The maximum atomic E-state index is 11.4. The molecule has 1 aromatic heterocycles. The van der Waals surface area contributed by atoms with Gasteiger partial charge in [-0.05, 0) is 32.4 Å². The summed E-state index contributed by atoms with van der Waals surface area (Å²) >= 11 is 0. The molecule has 1 aromatic rings. The predicted octanol–water partition coefficient (Wildman–Crippen LogP) is 2.12. The third kappa shape index (κ3) is 3.56. The molecule has 0 radical (unpaired) electrons. The second-order valence-electron chi connectivity index (χ2n) is 5.17. The van der Waals surface area contributed by atoms with Gasteiger partial charge in [0.05, 0.1) is 5.69 Å².